The van der Waals surface area contributed by atoms with Crippen LogP contribution in [0.15, 0.2) is 22.0 Å². The Morgan fingerprint density at radius 1 is 1.19 bits per heavy atom. The molecule has 2 rings (SSSR count). The van der Waals surface area contributed by atoms with Crippen molar-refractivity contribution in [3.05, 3.63) is 22.0 Å². The third kappa shape index (κ3) is 3.76. The Hall–Kier alpha value is -1.18. The van der Waals surface area contributed by atoms with Gasteiger partial charge in [-0.05, 0) is 58.4 Å². The minimum atomic E-state index is 0.128. The fourth-order valence-corrected chi connectivity index (χ4v) is 2.67. The molecule has 0 spiro atoms. The smallest absolute Gasteiger partial charge is 0.142 e. The molecule has 1 fully saturated rings. The van der Waals surface area contributed by atoms with Crippen molar-refractivity contribution in [3.63, 3.8) is 0 Å². The molecule has 0 N–H and O–H groups in total. The molecule has 0 bridgehead atoms. The lowest BCUT2D eigenvalue weighted by atomic mass is 10.4. The number of rotatable bonds is 0. The first-order valence-corrected chi connectivity index (χ1v) is 6.86. The van der Waals surface area contributed by atoms with Gasteiger partial charge in [-0.15, -0.1) is 5.92 Å². The minimum Gasteiger partial charge on any atom is -0.359 e. The molecule has 2 aliphatic heterocycles. The van der Waals surface area contributed by atoms with Crippen LogP contribution in [-0.2, 0) is 4.74 Å². The van der Waals surface area contributed by atoms with Crippen molar-refractivity contribution in [2.45, 2.75) is 13.0 Å². The highest BCUT2D eigenvalue weighted by molar-refractivity contribution is 8.79. The van der Waals surface area contributed by atoms with E-state index in [0.29, 0.717) is 0 Å². The van der Waals surface area contributed by atoms with E-state index < -0.39 is 0 Å². The average Bonchev–Trinajstić information content (AvgIpc) is 3.11. The van der Waals surface area contributed by atoms with E-state index in [-0.39, 0.29) is 6.10 Å². The molecule has 16 heavy (non-hydrogen) atoms. The second-order valence-electron chi connectivity index (χ2n) is 2.94. The first kappa shape index (κ1) is 11.3. The molecule has 0 saturated carbocycles. The zero-order valence-electron chi connectivity index (χ0n) is 8.66. The predicted molar refractivity (Wildman–Crippen MR) is 70.1 cm³/mol. The third-order valence-electron chi connectivity index (χ3n) is 1.67. The molecule has 2 aliphatic rings. The summed E-state index contributed by atoms with van der Waals surface area (Å²) < 4.78 is 4.95. The van der Waals surface area contributed by atoms with E-state index >= 15 is 0 Å². The fraction of sp³-hybridized carbons (Fsp3) is 0.231. The number of hydrogen-bond acceptors (Lipinski definition) is 3. The Balaban J connectivity index is 1.95. The molecule has 1 atom stereocenters. The molecule has 0 unspecified atom stereocenters. The SMILES string of the molecule is CC#CC1=CC=C(C#CC#C[C@H]2CO2)SS1. The van der Waals surface area contributed by atoms with Gasteiger partial charge in [0, 0.05) is 0 Å². The summed E-state index contributed by atoms with van der Waals surface area (Å²) in [7, 11) is 3.25. The van der Waals surface area contributed by atoms with Crippen molar-refractivity contribution in [1.29, 1.82) is 0 Å². The summed E-state index contributed by atoms with van der Waals surface area (Å²) in [5.41, 5.74) is 0. The summed E-state index contributed by atoms with van der Waals surface area (Å²) in [5.74, 6) is 17.4. The highest BCUT2D eigenvalue weighted by atomic mass is 33.1. The van der Waals surface area contributed by atoms with Crippen LogP contribution in [0.2, 0.25) is 0 Å². The van der Waals surface area contributed by atoms with Crippen LogP contribution >= 0.6 is 21.6 Å². The first-order chi connectivity index (χ1) is 7.88. The van der Waals surface area contributed by atoms with Gasteiger partial charge in [0.25, 0.3) is 0 Å². The Labute approximate surface area is 103 Å². The summed E-state index contributed by atoms with van der Waals surface area (Å²) >= 11 is 0. The molecular formula is C13H8OS2. The second-order valence-corrected chi connectivity index (χ2v) is 5.16. The summed E-state index contributed by atoms with van der Waals surface area (Å²) in [6.07, 6.45) is 4.09. The molecule has 2 heterocycles. The number of epoxide rings is 1. The van der Waals surface area contributed by atoms with Gasteiger partial charge in [0.2, 0.25) is 0 Å². The van der Waals surface area contributed by atoms with Crippen molar-refractivity contribution in [3.8, 4) is 35.5 Å². The second kappa shape index (κ2) is 5.78. The van der Waals surface area contributed by atoms with Crippen LogP contribution in [-0.4, -0.2) is 12.7 Å². The molecule has 3 heteroatoms. The molecule has 0 aliphatic carbocycles. The van der Waals surface area contributed by atoms with Crippen LogP contribution in [0.1, 0.15) is 6.92 Å². The monoisotopic (exact) mass is 244 g/mol. The van der Waals surface area contributed by atoms with Crippen LogP contribution < -0.4 is 0 Å². The maximum atomic E-state index is 4.95. The van der Waals surface area contributed by atoms with Gasteiger partial charge in [-0.3, -0.25) is 0 Å². The van der Waals surface area contributed by atoms with Gasteiger partial charge in [-0.25, -0.2) is 0 Å². The van der Waals surface area contributed by atoms with Gasteiger partial charge in [0.15, 0.2) is 0 Å². The third-order valence-corrected chi connectivity index (χ3v) is 3.92. The molecule has 78 valence electrons. The number of hydrogen-bond donors (Lipinski definition) is 0. The van der Waals surface area contributed by atoms with E-state index in [1.54, 1.807) is 21.6 Å². The standard InChI is InChI=1S/C13H8OS2/c1-2-5-12-8-9-13(16-15-12)7-4-3-6-11-10-14-11/h8-9,11H,10H2,1H3/t11-/m0/s1. The highest BCUT2D eigenvalue weighted by Crippen LogP contribution is 2.39. The summed E-state index contributed by atoms with van der Waals surface area (Å²) in [4.78, 5) is 2.08. The van der Waals surface area contributed by atoms with E-state index in [9.17, 15) is 0 Å². The highest BCUT2D eigenvalue weighted by Gasteiger charge is 2.18. The Morgan fingerprint density at radius 2 is 1.88 bits per heavy atom. The van der Waals surface area contributed by atoms with Gasteiger partial charge < -0.3 is 4.74 Å². The van der Waals surface area contributed by atoms with Crippen LogP contribution in [0.3, 0.4) is 0 Å². The molecular weight excluding hydrogens is 236 g/mol. The predicted octanol–water partition coefficient (Wildman–Crippen LogP) is 2.58. The summed E-state index contributed by atoms with van der Waals surface area (Å²) in [5, 5.41) is 0. The van der Waals surface area contributed by atoms with Crippen molar-refractivity contribution in [2.75, 3.05) is 6.61 Å². The molecule has 1 nitrogen and oxygen atoms in total. The lowest BCUT2D eigenvalue weighted by Crippen LogP contribution is -1.77. The quantitative estimate of drug-likeness (QED) is 0.369. The zero-order valence-corrected chi connectivity index (χ0v) is 10.3. The van der Waals surface area contributed by atoms with E-state index in [4.69, 9.17) is 4.74 Å². The van der Waals surface area contributed by atoms with Gasteiger partial charge in [0.05, 0.1) is 16.4 Å². The maximum Gasteiger partial charge on any atom is 0.142 e. The number of ether oxygens (including phenoxy) is 1. The van der Waals surface area contributed by atoms with Crippen molar-refractivity contribution < 1.29 is 4.74 Å². The first-order valence-electron chi connectivity index (χ1n) is 4.71. The molecule has 0 amide bonds. The van der Waals surface area contributed by atoms with E-state index in [1.807, 2.05) is 19.1 Å². The van der Waals surface area contributed by atoms with Crippen LogP contribution in [0.25, 0.3) is 0 Å². The van der Waals surface area contributed by atoms with E-state index in [2.05, 4.69) is 35.5 Å². The van der Waals surface area contributed by atoms with Gasteiger partial charge in [-0.1, -0.05) is 11.8 Å². The van der Waals surface area contributed by atoms with Gasteiger partial charge >= 0.3 is 0 Å². The fourth-order valence-electron chi connectivity index (χ4n) is 0.886. The van der Waals surface area contributed by atoms with Crippen LogP contribution in [0, 0.1) is 35.5 Å². The Morgan fingerprint density at radius 3 is 2.44 bits per heavy atom. The Kier molecular flexibility index (Phi) is 4.09. The number of allylic oxidation sites excluding steroid dienone is 4. The van der Waals surface area contributed by atoms with Crippen LogP contribution in [0.5, 0.6) is 0 Å². The van der Waals surface area contributed by atoms with Crippen molar-refractivity contribution >= 4 is 21.6 Å². The Bertz CT molecular complexity index is 519. The van der Waals surface area contributed by atoms with Crippen molar-refractivity contribution in [1.82, 2.24) is 0 Å². The van der Waals surface area contributed by atoms with Crippen LogP contribution in [0.4, 0.5) is 0 Å². The molecule has 0 aromatic carbocycles. The van der Waals surface area contributed by atoms with E-state index in [1.165, 1.54) is 0 Å². The molecule has 0 aromatic rings. The minimum absolute atomic E-state index is 0.128. The van der Waals surface area contributed by atoms with Gasteiger partial charge in [0.1, 0.15) is 6.10 Å². The molecule has 0 radical (unpaired) electrons. The normalized spacial score (nSPS) is 20.9. The average molecular weight is 244 g/mol. The lowest BCUT2D eigenvalue weighted by Gasteiger charge is -2.03. The van der Waals surface area contributed by atoms with Gasteiger partial charge in [-0.2, -0.15) is 0 Å². The van der Waals surface area contributed by atoms with E-state index in [0.717, 1.165) is 16.4 Å². The zero-order chi connectivity index (χ0) is 11.2. The maximum absolute atomic E-state index is 4.95. The molecule has 0 aromatic heterocycles. The summed E-state index contributed by atoms with van der Waals surface area (Å²) in [6, 6.07) is 0. The largest absolute Gasteiger partial charge is 0.359 e. The molecule has 1 saturated heterocycles. The summed E-state index contributed by atoms with van der Waals surface area (Å²) in [6.45, 7) is 2.59. The topological polar surface area (TPSA) is 12.5 Å². The van der Waals surface area contributed by atoms with Crippen molar-refractivity contribution in [2.24, 2.45) is 0 Å². The lowest BCUT2D eigenvalue weighted by molar-refractivity contribution is 0.445.